The Morgan fingerprint density at radius 3 is 1.61 bits per heavy atom. The van der Waals surface area contributed by atoms with Gasteiger partial charge in [0.25, 0.3) is 22.9 Å². The number of halogens is 1. The molecule has 5 aromatic rings. The number of carbonyl (C=O) groups is 2. The number of nitrogens with one attached hydrogen (secondary N) is 4. The smallest absolute Gasteiger partial charge is 0.253 e. The number of nitrogens with zero attached hydrogens (tertiary/aromatic N) is 4. The summed E-state index contributed by atoms with van der Waals surface area (Å²) in [6.07, 6.45) is 9.66. The fourth-order valence-electron chi connectivity index (χ4n) is 10.6. The average Bonchev–Trinajstić information content (AvgIpc) is 3.36. The summed E-state index contributed by atoms with van der Waals surface area (Å²) < 4.78 is 12.0. The van der Waals surface area contributed by atoms with Crippen LogP contribution in [0.25, 0.3) is 11.1 Å². The summed E-state index contributed by atoms with van der Waals surface area (Å²) in [6.45, 7) is 24.1. The van der Waals surface area contributed by atoms with Crippen LogP contribution in [0.3, 0.4) is 0 Å². The van der Waals surface area contributed by atoms with Gasteiger partial charge >= 0.3 is 0 Å². The summed E-state index contributed by atoms with van der Waals surface area (Å²) >= 11 is 3.58. The van der Waals surface area contributed by atoms with Gasteiger partial charge in [0, 0.05) is 132 Å². The molecular formula is C57H75BrN8O6. The lowest BCUT2D eigenvalue weighted by atomic mass is 9.95. The molecule has 2 amide bonds. The molecule has 3 fully saturated rings. The third kappa shape index (κ3) is 13.5. The Bertz CT molecular complexity index is 2790. The number of hydrogen-bond donors (Lipinski definition) is 4. The monoisotopic (exact) mass is 1050 g/mol. The molecular weight excluding hydrogens is 973 g/mol. The molecule has 3 aliphatic rings. The minimum Gasteiger partial charge on any atom is -0.381 e. The van der Waals surface area contributed by atoms with E-state index < -0.39 is 0 Å². The number of rotatable bonds is 15. The highest BCUT2D eigenvalue weighted by Crippen LogP contribution is 2.35. The van der Waals surface area contributed by atoms with E-state index in [0.29, 0.717) is 34.3 Å². The molecule has 0 aliphatic carbocycles. The van der Waals surface area contributed by atoms with Gasteiger partial charge in [-0.05, 0) is 177 Å². The third-order valence-electron chi connectivity index (χ3n) is 14.6. The first-order chi connectivity index (χ1) is 34.6. The minimum absolute atomic E-state index is 0.156. The number of ether oxygens (including phenoxy) is 2. The summed E-state index contributed by atoms with van der Waals surface area (Å²) in [5.74, 6) is -0.370. The lowest BCUT2D eigenvalue weighted by Crippen LogP contribution is -2.40. The molecule has 6 heterocycles. The molecule has 4 N–H and O–H groups in total. The van der Waals surface area contributed by atoms with Crippen LogP contribution < -0.4 is 31.6 Å². The van der Waals surface area contributed by atoms with Crippen LogP contribution in [0.15, 0.2) is 68.8 Å². The van der Waals surface area contributed by atoms with Crippen LogP contribution >= 0.6 is 15.9 Å². The highest BCUT2D eigenvalue weighted by molar-refractivity contribution is 9.10. The number of pyridine rings is 3. The van der Waals surface area contributed by atoms with E-state index >= 15 is 0 Å². The molecule has 0 spiro atoms. The van der Waals surface area contributed by atoms with Crippen LogP contribution in [0.2, 0.25) is 0 Å². The first-order valence-corrected chi connectivity index (χ1v) is 26.7. The molecule has 0 saturated carbocycles. The SMILES string of the molecule is CCN(c1cc(-c2ccc(CN3CCCCC3)nc2)cc(C(=O)NCc2c(C)cc(C)[nH]c2=O)c1C)C1CCOCC1.CCN(c1cc(Br)cc(C(=O)NCc2c(C)cc(C)[nH]c2=O)c1C)C1CCOCC1. The summed E-state index contributed by atoms with van der Waals surface area (Å²) in [5, 5.41) is 5.97. The maximum Gasteiger partial charge on any atom is 0.253 e. The molecule has 0 bridgehead atoms. The minimum atomic E-state index is -0.187. The number of aryl methyl sites for hydroxylation is 4. The van der Waals surface area contributed by atoms with Crippen LogP contribution in [0.4, 0.5) is 11.4 Å². The van der Waals surface area contributed by atoms with E-state index in [4.69, 9.17) is 14.5 Å². The van der Waals surface area contributed by atoms with Crippen LogP contribution in [0, 0.1) is 41.5 Å². The Labute approximate surface area is 433 Å². The van der Waals surface area contributed by atoms with Crippen LogP contribution in [-0.4, -0.2) is 96.4 Å². The molecule has 2 aromatic carbocycles. The second kappa shape index (κ2) is 25.4. The van der Waals surface area contributed by atoms with Crippen molar-refractivity contribution in [2.24, 2.45) is 0 Å². The Balaban J connectivity index is 0.000000224. The number of benzene rings is 2. The lowest BCUT2D eigenvalue weighted by Gasteiger charge is -2.37. The van der Waals surface area contributed by atoms with Gasteiger partial charge in [-0.2, -0.15) is 0 Å². The maximum atomic E-state index is 13.7. The first-order valence-electron chi connectivity index (χ1n) is 25.9. The summed E-state index contributed by atoms with van der Waals surface area (Å²) in [5.41, 5.74) is 12.5. The van der Waals surface area contributed by atoms with Crippen LogP contribution in [0.5, 0.6) is 0 Å². The number of amides is 2. The van der Waals surface area contributed by atoms with E-state index in [1.165, 1.54) is 19.3 Å². The second-order valence-electron chi connectivity index (χ2n) is 19.7. The number of carbonyl (C=O) groups excluding carboxylic acids is 2. The number of aromatic nitrogens is 3. The Morgan fingerprint density at radius 2 is 1.15 bits per heavy atom. The third-order valence-corrected chi connectivity index (χ3v) is 15.1. The maximum absolute atomic E-state index is 13.7. The van der Waals surface area contributed by atoms with Gasteiger partial charge in [0.1, 0.15) is 0 Å². The quantitative estimate of drug-likeness (QED) is 0.0795. The molecule has 3 aromatic heterocycles. The standard InChI is InChI=1S/C34H45N5O3.C23H30BrN3O3/c1-5-39(29-11-15-42-16-12-29)32-19-27(26-9-10-28(35-20-26)22-38-13-7-6-8-14-38)18-30(25(32)4)33(40)36-21-31-23(2)17-24(3)37-34(31)41;1-5-27(18-6-8-30-9-7-18)21-12-17(24)11-19(16(21)4)22(28)25-13-20-14(2)10-15(3)26-23(20)29/h9-10,17-20,29H,5-8,11-16,21-22H2,1-4H3,(H,36,40)(H,37,41);10-12,18H,5-9,13H2,1-4H3,(H,25,28)(H,26,29). The molecule has 3 saturated heterocycles. The zero-order valence-electron chi connectivity index (χ0n) is 43.7. The average molecular weight is 1050 g/mol. The van der Waals surface area contributed by atoms with Crippen molar-refractivity contribution in [1.82, 2.24) is 30.5 Å². The van der Waals surface area contributed by atoms with Crippen molar-refractivity contribution in [3.63, 3.8) is 0 Å². The Hall–Kier alpha value is -5.61. The summed E-state index contributed by atoms with van der Waals surface area (Å²) in [7, 11) is 0. The van der Waals surface area contributed by atoms with Crippen molar-refractivity contribution in [3.05, 3.63) is 141 Å². The number of piperidine rings is 1. The van der Waals surface area contributed by atoms with Crippen molar-refractivity contribution < 1.29 is 19.1 Å². The van der Waals surface area contributed by atoms with Gasteiger partial charge in [-0.25, -0.2) is 0 Å². The Kier molecular flexibility index (Phi) is 19.1. The van der Waals surface area contributed by atoms with Crippen LogP contribution in [-0.2, 0) is 29.1 Å². The number of likely N-dealkylation sites (tertiary alicyclic amines) is 1. The van der Waals surface area contributed by atoms with Gasteiger partial charge in [0.15, 0.2) is 0 Å². The van der Waals surface area contributed by atoms with Gasteiger partial charge in [0.05, 0.1) is 5.69 Å². The predicted octanol–water partition coefficient (Wildman–Crippen LogP) is 9.28. The van der Waals surface area contributed by atoms with E-state index in [1.54, 1.807) is 0 Å². The molecule has 0 unspecified atom stereocenters. The van der Waals surface area contributed by atoms with Crippen molar-refractivity contribution in [1.29, 1.82) is 0 Å². The van der Waals surface area contributed by atoms with Crippen molar-refractivity contribution in [3.8, 4) is 11.1 Å². The fourth-order valence-corrected chi connectivity index (χ4v) is 11.1. The van der Waals surface area contributed by atoms with Gasteiger partial charge in [0.2, 0.25) is 0 Å². The molecule has 15 heteroatoms. The predicted molar refractivity (Wildman–Crippen MR) is 292 cm³/mol. The van der Waals surface area contributed by atoms with Crippen LogP contribution in [0.1, 0.15) is 130 Å². The number of aromatic amines is 2. The fraction of sp³-hybridized carbons (Fsp3) is 0.491. The van der Waals surface area contributed by atoms with Gasteiger partial charge in [-0.1, -0.05) is 28.4 Å². The molecule has 0 radical (unpaired) electrons. The van der Waals surface area contributed by atoms with E-state index in [0.717, 1.165) is 151 Å². The van der Waals surface area contributed by atoms with Crippen molar-refractivity contribution >= 4 is 39.1 Å². The molecule has 8 rings (SSSR count). The van der Waals surface area contributed by atoms with Gasteiger partial charge in [-0.3, -0.25) is 29.1 Å². The van der Waals surface area contributed by atoms with E-state index in [-0.39, 0.29) is 36.0 Å². The molecule has 386 valence electrons. The number of H-pyrrole nitrogens is 2. The van der Waals surface area contributed by atoms with Gasteiger partial charge < -0.3 is 39.9 Å². The summed E-state index contributed by atoms with van der Waals surface area (Å²) in [4.78, 5) is 69.4. The zero-order chi connectivity index (χ0) is 51.5. The number of hydrogen-bond acceptors (Lipinski definition) is 10. The largest absolute Gasteiger partial charge is 0.381 e. The highest BCUT2D eigenvalue weighted by Gasteiger charge is 2.27. The molecule has 3 aliphatic heterocycles. The second-order valence-corrected chi connectivity index (χ2v) is 20.6. The summed E-state index contributed by atoms with van der Waals surface area (Å²) in [6, 6.07) is 17.0. The first kappa shape index (κ1) is 54.2. The van der Waals surface area contributed by atoms with E-state index in [1.807, 2.05) is 72.0 Å². The normalized spacial score (nSPS) is 15.6. The molecule has 0 atom stereocenters. The topological polar surface area (TPSA) is 165 Å². The number of anilines is 2. The van der Waals surface area contributed by atoms with E-state index in [2.05, 4.69) is 89.3 Å². The van der Waals surface area contributed by atoms with E-state index in [9.17, 15) is 19.2 Å². The Morgan fingerprint density at radius 1 is 0.667 bits per heavy atom. The van der Waals surface area contributed by atoms with Gasteiger partial charge in [-0.15, -0.1) is 0 Å². The van der Waals surface area contributed by atoms with Crippen molar-refractivity contribution in [2.75, 3.05) is 62.4 Å². The molecule has 72 heavy (non-hydrogen) atoms. The highest BCUT2D eigenvalue weighted by atomic mass is 79.9. The lowest BCUT2D eigenvalue weighted by molar-refractivity contribution is 0.0845. The zero-order valence-corrected chi connectivity index (χ0v) is 45.3. The molecule has 14 nitrogen and oxygen atoms in total. The van der Waals surface area contributed by atoms with Crippen molar-refractivity contribution in [2.45, 2.75) is 132 Å².